The highest BCUT2D eigenvalue weighted by atomic mass is 35.6. The Morgan fingerprint density at radius 2 is 1.77 bits per heavy atom. The molecule has 0 heterocycles. The Bertz CT molecular complexity index is 117. The quantitative estimate of drug-likeness (QED) is 0.338. The van der Waals surface area contributed by atoms with E-state index in [4.69, 9.17) is 15.5 Å². The molecule has 3 heteroatoms. The van der Waals surface area contributed by atoms with Crippen molar-refractivity contribution >= 4 is 18.7 Å². The summed E-state index contributed by atoms with van der Waals surface area (Å²) < 4.78 is 5.66. The number of hydrogen-bond donors (Lipinski definition) is 0. The van der Waals surface area contributed by atoms with E-state index in [9.17, 15) is 0 Å². The van der Waals surface area contributed by atoms with E-state index in [0.29, 0.717) is 0 Å². The van der Waals surface area contributed by atoms with Gasteiger partial charge in [0.15, 0.2) is 0 Å². The molecule has 0 rings (SSSR count). The fraction of sp³-hybridized carbons (Fsp3) is 1.00. The molecule has 1 unspecified atom stereocenters. The molecule has 0 aromatic carbocycles. The topological polar surface area (TPSA) is 9.23 Å². The van der Waals surface area contributed by atoms with E-state index in [1.54, 1.807) is 0 Å². The lowest BCUT2D eigenvalue weighted by atomic mass is 10.2. The summed E-state index contributed by atoms with van der Waals surface area (Å²) in [6, 6.07) is 1.11. The van der Waals surface area contributed by atoms with E-state index in [1.807, 2.05) is 0 Å². The summed E-state index contributed by atoms with van der Waals surface area (Å²) in [5, 5.41) is 0. The third-order valence-electron chi connectivity index (χ3n) is 2.08. The zero-order chi connectivity index (χ0) is 10.2. The molecule has 0 fully saturated rings. The van der Waals surface area contributed by atoms with E-state index in [2.05, 4.69) is 20.4 Å². The molecule has 0 aromatic rings. The van der Waals surface area contributed by atoms with Gasteiger partial charge in [0.1, 0.15) is 0 Å². The van der Waals surface area contributed by atoms with Gasteiger partial charge in [-0.3, -0.25) is 0 Å². The molecule has 13 heavy (non-hydrogen) atoms. The van der Waals surface area contributed by atoms with Crippen molar-refractivity contribution in [1.82, 2.24) is 0 Å². The summed E-state index contributed by atoms with van der Waals surface area (Å²) in [5.74, 6) is 0. The van der Waals surface area contributed by atoms with Crippen LogP contribution in [0.1, 0.15) is 46.0 Å². The third-order valence-corrected chi connectivity index (χ3v) is 5.03. The Labute approximate surface area is 88.7 Å². The van der Waals surface area contributed by atoms with Crippen molar-refractivity contribution in [3.05, 3.63) is 0 Å². The lowest BCUT2D eigenvalue weighted by Crippen LogP contribution is -2.27. The second kappa shape index (κ2) is 7.83. The van der Waals surface area contributed by atoms with Gasteiger partial charge in [-0.2, -0.15) is 0 Å². The summed E-state index contributed by atoms with van der Waals surface area (Å²) in [5.41, 5.74) is 0. The zero-order valence-electron chi connectivity index (χ0n) is 9.24. The van der Waals surface area contributed by atoms with Crippen LogP contribution in [0.2, 0.25) is 12.6 Å². The Balaban J connectivity index is 3.39. The highest BCUT2D eigenvalue weighted by Crippen LogP contribution is 2.20. The van der Waals surface area contributed by atoms with Crippen molar-refractivity contribution in [2.75, 3.05) is 6.61 Å². The second-order valence-electron chi connectivity index (χ2n) is 3.76. The Morgan fingerprint density at radius 1 is 1.08 bits per heavy atom. The van der Waals surface area contributed by atoms with Crippen LogP contribution in [-0.4, -0.2) is 14.2 Å². The SMILES string of the molecule is CCCCCC[Si](C)(Cl)OCCC. The van der Waals surface area contributed by atoms with Crippen molar-refractivity contribution in [1.29, 1.82) is 0 Å². The number of hydrogen-bond acceptors (Lipinski definition) is 1. The monoisotopic (exact) mass is 222 g/mol. The number of unbranched alkanes of at least 4 members (excludes halogenated alkanes) is 3. The Morgan fingerprint density at radius 3 is 2.31 bits per heavy atom. The second-order valence-corrected chi connectivity index (χ2v) is 9.15. The minimum Gasteiger partial charge on any atom is -0.403 e. The molecule has 0 N–H and O–H groups in total. The van der Waals surface area contributed by atoms with Crippen LogP contribution in [0.3, 0.4) is 0 Å². The van der Waals surface area contributed by atoms with Crippen molar-refractivity contribution in [3.63, 3.8) is 0 Å². The van der Waals surface area contributed by atoms with Crippen molar-refractivity contribution in [2.45, 2.75) is 58.5 Å². The first-order valence-corrected chi connectivity index (χ1v) is 9.08. The largest absolute Gasteiger partial charge is 0.403 e. The van der Waals surface area contributed by atoms with Crippen LogP contribution in [0.15, 0.2) is 0 Å². The van der Waals surface area contributed by atoms with Gasteiger partial charge in [-0.05, 0) is 19.0 Å². The minimum atomic E-state index is -1.80. The molecule has 0 radical (unpaired) electrons. The van der Waals surface area contributed by atoms with E-state index in [1.165, 1.54) is 25.7 Å². The summed E-state index contributed by atoms with van der Waals surface area (Å²) >= 11 is 6.31. The van der Waals surface area contributed by atoms with E-state index in [0.717, 1.165) is 19.1 Å². The molecule has 0 aliphatic rings. The van der Waals surface area contributed by atoms with E-state index in [-0.39, 0.29) is 0 Å². The predicted octanol–water partition coefficient (Wildman–Crippen LogP) is 4.30. The lowest BCUT2D eigenvalue weighted by Gasteiger charge is -2.19. The van der Waals surface area contributed by atoms with Crippen LogP contribution in [0.25, 0.3) is 0 Å². The van der Waals surface area contributed by atoms with E-state index < -0.39 is 7.63 Å². The first-order chi connectivity index (χ1) is 6.12. The molecular formula is C10H23ClOSi. The molecule has 0 bridgehead atoms. The zero-order valence-corrected chi connectivity index (χ0v) is 11.0. The fourth-order valence-electron chi connectivity index (χ4n) is 1.25. The van der Waals surface area contributed by atoms with Crippen LogP contribution in [0, 0.1) is 0 Å². The van der Waals surface area contributed by atoms with Gasteiger partial charge < -0.3 is 4.43 Å². The van der Waals surface area contributed by atoms with Gasteiger partial charge in [-0.25, -0.2) is 0 Å². The van der Waals surface area contributed by atoms with Crippen molar-refractivity contribution in [2.24, 2.45) is 0 Å². The predicted molar refractivity (Wildman–Crippen MR) is 62.7 cm³/mol. The molecule has 0 amide bonds. The highest BCUT2D eigenvalue weighted by molar-refractivity contribution is 7.16. The molecule has 0 aliphatic carbocycles. The van der Waals surface area contributed by atoms with Gasteiger partial charge in [0.05, 0.1) is 0 Å². The molecule has 0 saturated carbocycles. The molecule has 1 atom stereocenters. The Hall–Kier alpha value is 0.467. The molecule has 0 aliphatic heterocycles. The van der Waals surface area contributed by atoms with Gasteiger partial charge in [-0.15, -0.1) is 11.1 Å². The molecular weight excluding hydrogens is 200 g/mol. The van der Waals surface area contributed by atoms with Gasteiger partial charge in [0.25, 0.3) is 7.63 Å². The van der Waals surface area contributed by atoms with Gasteiger partial charge in [-0.1, -0.05) is 39.5 Å². The van der Waals surface area contributed by atoms with Crippen LogP contribution < -0.4 is 0 Å². The number of rotatable bonds is 8. The average Bonchev–Trinajstić information content (AvgIpc) is 2.09. The molecule has 0 saturated heterocycles. The summed E-state index contributed by atoms with van der Waals surface area (Å²) in [7, 11) is -1.80. The highest BCUT2D eigenvalue weighted by Gasteiger charge is 2.24. The standard InChI is InChI=1S/C10H23ClOSi/c1-4-6-7-8-10-13(3,11)12-9-5-2/h4-10H2,1-3H3. The minimum absolute atomic E-state index is 0.833. The lowest BCUT2D eigenvalue weighted by molar-refractivity contribution is 0.314. The number of halogens is 1. The van der Waals surface area contributed by atoms with Crippen LogP contribution in [-0.2, 0) is 4.43 Å². The van der Waals surface area contributed by atoms with E-state index >= 15 is 0 Å². The van der Waals surface area contributed by atoms with Crippen LogP contribution >= 0.6 is 11.1 Å². The van der Waals surface area contributed by atoms with Crippen molar-refractivity contribution in [3.8, 4) is 0 Å². The van der Waals surface area contributed by atoms with Crippen LogP contribution in [0.5, 0.6) is 0 Å². The van der Waals surface area contributed by atoms with Crippen LogP contribution in [0.4, 0.5) is 0 Å². The van der Waals surface area contributed by atoms with Gasteiger partial charge >= 0.3 is 0 Å². The first kappa shape index (κ1) is 13.5. The van der Waals surface area contributed by atoms with Gasteiger partial charge in [0, 0.05) is 6.61 Å². The maximum absolute atomic E-state index is 6.31. The van der Waals surface area contributed by atoms with Crippen molar-refractivity contribution < 1.29 is 4.43 Å². The summed E-state index contributed by atoms with van der Waals surface area (Å²) in [6.07, 6.45) is 6.24. The molecule has 0 spiro atoms. The van der Waals surface area contributed by atoms with Gasteiger partial charge in [0.2, 0.25) is 0 Å². The smallest absolute Gasteiger partial charge is 0.286 e. The Kier molecular flexibility index (Phi) is 8.11. The average molecular weight is 223 g/mol. The first-order valence-electron chi connectivity index (χ1n) is 5.45. The molecule has 80 valence electrons. The summed E-state index contributed by atoms with van der Waals surface area (Å²) in [6.45, 7) is 7.29. The normalized spacial score (nSPS) is 15.7. The summed E-state index contributed by atoms with van der Waals surface area (Å²) in [4.78, 5) is 0. The third kappa shape index (κ3) is 8.79. The molecule has 1 nitrogen and oxygen atoms in total. The maximum Gasteiger partial charge on any atom is 0.286 e. The fourth-order valence-corrected chi connectivity index (χ4v) is 3.54. The maximum atomic E-state index is 6.31. The molecule has 0 aromatic heterocycles.